The van der Waals surface area contributed by atoms with E-state index in [-0.39, 0.29) is 29.6 Å². The lowest BCUT2D eigenvalue weighted by molar-refractivity contribution is -0.140. The Morgan fingerprint density at radius 3 is 2.44 bits per heavy atom. The van der Waals surface area contributed by atoms with Gasteiger partial charge >= 0.3 is 6.09 Å². The Morgan fingerprint density at radius 2 is 1.85 bits per heavy atom. The Hall–Kier alpha value is -1.95. The first-order valence-electron chi connectivity index (χ1n) is 12.7. The van der Waals surface area contributed by atoms with Crippen molar-refractivity contribution in [1.29, 1.82) is 5.26 Å². The van der Waals surface area contributed by atoms with E-state index in [4.69, 9.17) is 10.00 Å². The number of hydrogen-bond acceptors (Lipinski definition) is 6. The Balaban J connectivity index is 2.06. The molecule has 9 heteroatoms. The summed E-state index contributed by atoms with van der Waals surface area (Å²) in [5, 5.41) is 15.2. The van der Waals surface area contributed by atoms with Crippen molar-refractivity contribution in [3.63, 3.8) is 0 Å². The van der Waals surface area contributed by atoms with Crippen LogP contribution in [0.3, 0.4) is 0 Å². The third kappa shape index (κ3) is 8.07. The van der Waals surface area contributed by atoms with Gasteiger partial charge in [-0.1, -0.05) is 20.8 Å². The number of carbonyl (C=O) groups excluding carboxylic acids is 3. The predicted octanol–water partition coefficient (Wildman–Crippen LogP) is 3.85. The molecular formula is C25H42N4O4S. The van der Waals surface area contributed by atoms with Crippen LogP contribution in [-0.2, 0) is 14.3 Å². The van der Waals surface area contributed by atoms with Gasteiger partial charge in [0.25, 0.3) is 0 Å². The molecule has 0 spiro atoms. The topological polar surface area (TPSA) is 112 Å². The molecule has 1 saturated carbocycles. The van der Waals surface area contributed by atoms with E-state index >= 15 is 0 Å². The molecule has 34 heavy (non-hydrogen) atoms. The zero-order chi connectivity index (χ0) is 25.3. The standard InChI is InChI=1S/C25H42N4O4S/c1-6-14-33-24(32)28-21(25(4,5)34-17(2)3)23(31)29-13-7-8-20(29)22(30)27-16-19-11-9-18(15-26)10-12-19/h17-21H,6-14,16H2,1-5H3,(H,27,30)(H,28,32)/t18-,19-,20-,21-/m0/s1. The minimum Gasteiger partial charge on any atom is -0.450 e. The van der Waals surface area contributed by atoms with Crippen LogP contribution < -0.4 is 10.6 Å². The number of nitrogens with zero attached hydrogens (tertiary/aromatic N) is 2. The molecule has 0 bridgehead atoms. The Labute approximate surface area is 208 Å². The highest BCUT2D eigenvalue weighted by molar-refractivity contribution is 8.01. The number of carbonyl (C=O) groups is 3. The fourth-order valence-corrected chi connectivity index (χ4v) is 6.40. The first kappa shape index (κ1) is 28.3. The van der Waals surface area contributed by atoms with Crippen LogP contribution in [0, 0.1) is 23.2 Å². The molecule has 1 saturated heterocycles. The van der Waals surface area contributed by atoms with Crippen molar-refractivity contribution >= 4 is 29.7 Å². The second kappa shape index (κ2) is 13.2. The number of thioether (sulfide) groups is 1. The van der Waals surface area contributed by atoms with Crippen LogP contribution in [0.25, 0.3) is 0 Å². The Bertz CT molecular complexity index is 744. The van der Waals surface area contributed by atoms with E-state index < -0.39 is 22.9 Å². The maximum Gasteiger partial charge on any atom is 0.407 e. The summed E-state index contributed by atoms with van der Waals surface area (Å²) in [6, 6.07) is 1.00. The van der Waals surface area contributed by atoms with E-state index in [1.165, 1.54) is 0 Å². The number of alkyl carbamates (subject to hydrolysis) is 1. The molecule has 192 valence electrons. The van der Waals surface area contributed by atoms with Crippen molar-refractivity contribution in [3.05, 3.63) is 0 Å². The van der Waals surface area contributed by atoms with Gasteiger partial charge in [-0.3, -0.25) is 9.59 Å². The smallest absolute Gasteiger partial charge is 0.407 e. The lowest BCUT2D eigenvalue weighted by Crippen LogP contribution is -2.60. The van der Waals surface area contributed by atoms with Gasteiger partial charge in [-0.25, -0.2) is 4.79 Å². The summed E-state index contributed by atoms with van der Waals surface area (Å²) in [6.45, 7) is 11.3. The van der Waals surface area contributed by atoms with Gasteiger partial charge in [-0.2, -0.15) is 17.0 Å². The summed E-state index contributed by atoms with van der Waals surface area (Å²) in [5.41, 5.74) is 0. The zero-order valence-corrected chi connectivity index (χ0v) is 22.2. The molecule has 0 unspecified atom stereocenters. The molecule has 0 aromatic heterocycles. The van der Waals surface area contributed by atoms with Crippen LogP contribution in [0.4, 0.5) is 4.79 Å². The second-order valence-corrected chi connectivity index (χ2v) is 12.5. The maximum atomic E-state index is 13.7. The molecule has 3 amide bonds. The molecular weight excluding hydrogens is 452 g/mol. The van der Waals surface area contributed by atoms with Crippen LogP contribution in [0.1, 0.15) is 79.6 Å². The first-order chi connectivity index (χ1) is 16.1. The van der Waals surface area contributed by atoms with Crippen LogP contribution in [0.2, 0.25) is 0 Å². The predicted molar refractivity (Wildman–Crippen MR) is 134 cm³/mol. The van der Waals surface area contributed by atoms with Gasteiger partial charge in [0.1, 0.15) is 12.1 Å². The summed E-state index contributed by atoms with van der Waals surface area (Å²) >= 11 is 1.62. The number of nitrogens with one attached hydrogen (secondary N) is 2. The molecule has 8 nitrogen and oxygen atoms in total. The number of likely N-dealkylation sites (tertiary alicyclic amines) is 1. The quantitative estimate of drug-likeness (QED) is 0.477. The zero-order valence-electron chi connectivity index (χ0n) is 21.4. The van der Waals surface area contributed by atoms with Gasteiger partial charge in [0.05, 0.1) is 12.7 Å². The van der Waals surface area contributed by atoms with Crippen LogP contribution in [0.15, 0.2) is 0 Å². The highest BCUT2D eigenvalue weighted by Crippen LogP contribution is 2.34. The molecule has 0 aromatic rings. The van der Waals surface area contributed by atoms with Crippen molar-refractivity contribution in [2.45, 2.75) is 102 Å². The van der Waals surface area contributed by atoms with Crippen molar-refractivity contribution < 1.29 is 19.1 Å². The Kier molecular flexibility index (Phi) is 11.0. The molecule has 1 aliphatic carbocycles. The van der Waals surface area contributed by atoms with E-state index in [0.717, 1.165) is 32.1 Å². The van der Waals surface area contributed by atoms with Crippen molar-refractivity contribution in [2.75, 3.05) is 19.7 Å². The summed E-state index contributed by atoms with van der Waals surface area (Å²) < 4.78 is 4.62. The molecule has 2 atom stereocenters. The van der Waals surface area contributed by atoms with Crippen LogP contribution in [0.5, 0.6) is 0 Å². The lowest BCUT2D eigenvalue weighted by atomic mass is 9.83. The Morgan fingerprint density at radius 1 is 1.18 bits per heavy atom. The highest BCUT2D eigenvalue weighted by Gasteiger charge is 2.44. The molecule has 2 rings (SSSR count). The molecule has 2 N–H and O–H groups in total. The molecule has 0 radical (unpaired) electrons. The first-order valence-corrected chi connectivity index (χ1v) is 13.6. The normalized spacial score (nSPS) is 23.8. The molecule has 2 fully saturated rings. The van der Waals surface area contributed by atoms with E-state index in [1.54, 1.807) is 16.7 Å². The summed E-state index contributed by atoms with van der Waals surface area (Å²) in [7, 11) is 0. The largest absolute Gasteiger partial charge is 0.450 e. The fourth-order valence-electron chi connectivity index (χ4n) is 4.89. The maximum absolute atomic E-state index is 13.7. The molecule has 0 aromatic carbocycles. The van der Waals surface area contributed by atoms with Crippen molar-refractivity contribution in [2.24, 2.45) is 11.8 Å². The van der Waals surface area contributed by atoms with E-state index in [1.807, 2.05) is 20.8 Å². The number of hydrogen-bond donors (Lipinski definition) is 2. The van der Waals surface area contributed by atoms with E-state index in [9.17, 15) is 14.4 Å². The van der Waals surface area contributed by atoms with Gasteiger partial charge in [0, 0.05) is 23.8 Å². The monoisotopic (exact) mass is 494 g/mol. The summed E-state index contributed by atoms with van der Waals surface area (Å²) in [5.74, 6) is 0.146. The number of amides is 3. The van der Waals surface area contributed by atoms with Crippen LogP contribution >= 0.6 is 11.8 Å². The van der Waals surface area contributed by atoms with Gasteiger partial charge in [-0.05, 0) is 70.0 Å². The number of ether oxygens (including phenoxy) is 1. The summed E-state index contributed by atoms with van der Waals surface area (Å²) in [4.78, 5) is 40.8. The third-order valence-electron chi connectivity index (χ3n) is 6.61. The average molecular weight is 495 g/mol. The van der Waals surface area contributed by atoms with Gasteiger partial charge in [0.2, 0.25) is 11.8 Å². The molecule has 1 heterocycles. The minimum atomic E-state index is -0.807. The van der Waals surface area contributed by atoms with Gasteiger partial charge in [0.15, 0.2) is 0 Å². The van der Waals surface area contributed by atoms with Crippen molar-refractivity contribution in [3.8, 4) is 6.07 Å². The van der Waals surface area contributed by atoms with Crippen LogP contribution in [-0.4, -0.2) is 64.6 Å². The lowest BCUT2D eigenvalue weighted by Gasteiger charge is -2.38. The molecule has 2 aliphatic rings. The highest BCUT2D eigenvalue weighted by atomic mass is 32.2. The molecule has 1 aliphatic heterocycles. The van der Waals surface area contributed by atoms with E-state index in [0.29, 0.717) is 31.8 Å². The van der Waals surface area contributed by atoms with Gasteiger partial charge < -0.3 is 20.3 Å². The SMILES string of the molecule is CCCOC(=O)N[C@@H](C(=O)N1CCC[C@H]1C(=O)NC[C@H]1CC[C@H](C#N)CC1)C(C)(C)SC(C)C. The minimum absolute atomic E-state index is 0.130. The second-order valence-electron chi connectivity index (χ2n) is 10.3. The van der Waals surface area contributed by atoms with E-state index in [2.05, 4.69) is 30.6 Å². The fraction of sp³-hybridized carbons (Fsp3) is 0.840. The third-order valence-corrected chi connectivity index (χ3v) is 7.93. The average Bonchev–Trinajstić information content (AvgIpc) is 3.28. The summed E-state index contributed by atoms with van der Waals surface area (Å²) in [6.07, 6.45) is 5.11. The van der Waals surface area contributed by atoms with Crippen molar-refractivity contribution in [1.82, 2.24) is 15.5 Å². The van der Waals surface area contributed by atoms with Gasteiger partial charge in [-0.15, -0.1) is 0 Å². The number of nitriles is 1. The number of rotatable bonds is 10.